The molecule has 0 fully saturated rings. The van der Waals surface area contributed by atoms with Gasteiger partial charge in [-0.25, -0.2) is 4.79 Å². The third kappa shape index (κ3) is 6.02. The first kappa shape index (κ1) is 22.8. The number of anilines is 2. The summed E-state index contributed by atoms with van der Waals surface area (Å²) in [6, 6.07) is 9.52. The van der Waals surface area contributed by atoms with Gasteiger partial charge in [-0.05, 0) is 30.5 Å². The van der Waals surface area contributed by atoms with Crippen LogP contribution in [0.1, 0.15) is 28.4 Å². The van der Waals surface area contributed by atoms with Crippen molar-refractivity contribution >= 4 is 28.9 Å². The molecule has 0 atom stereocenters. The smallest absolute Gasteiger partial charge is 0.341 e. The Bertz CT molecular complexity index is 929. The number of amides is 1. The van der Waals surface area contributed by atoms with E-state index in [4.69, 9.17) is 9.47 Å². The average Bonchev–Trinajstić information content (AvgIpc) is 2.73. The number of nitro benzene ring substituents is 1. The number of ether oxygens (including phenoxy) is 2. The maximum absolute atomic E-state index is 12.5. The van der Waals surface area contributed by atoms with Gasteiger partial charge in [-0.1, -0.05) is 25.1 Å². The Kier molecular flexibility index (Phi) is 8.30. The molecule has 0 bridgehead atoms. The van der Waals surface area contributed by atoms with E-state index in [9.17, 15) is 19.7 Å². The molecule has 9 nitrogen and oxygen atoms in total. The van der Waals surface area contributed by atoms with Gasteiger partial charge in [0, 0.05) is 37.2 Å². The van der Waals surface area contributed by atoms with Crippen LogP contribution in [-0.2, 0) is 20.7 Å². The number of rotatable bonds is 10. The molecule has 160 valence electrons. The number of para-hydroxylation sites is 1. The van der Waals surface area contributed by atoms with E-state index >= 15 is 0 Å². The third-order valence-electron chi connectivity index (χ3n) is 4.39. The largest absolute Gasteiger partial charge is 0.452 e. The van der Waals surface area contributed by atoms with E-state index in [0.717, 1.165) is 23.6 Å². The molecule has 0 aromatic heterocycles. The Morgan fingerprint density at radius 1 is 1.20 bits per heavy atom. The first-order valence-corrected chi connectivity index (χ1v) is 9.44. The molecule has 2 rings (SSSR count). The molecule has 9 heteroatoms. The van der Waals surface area contributed by atoms with E-state index in [-0.39, 0.29) is 11.3 Å². The molecule has 0 spiro atoms. The van der Waals surface area contributed by atoms with Gasteiger partial charge in [-0.15, -0.1) is 0 Å². The number of benzene rings is 2. The minimum Gasteiger partial charge on any atom is -0.452 e. The molecule has 0 radical (unpaired) electrons. The van der Waals surface area contributed by atoms with Crippen LogP contribution in [0, 0.1) is 17.0 Å². The molecule has 0 aliphatic rings. The SMILES string of the molecule is CCc1cccc(C)c1NC(=O)COC(=O)c1cc([N+](=O)[O-])ccc1NCCOC. The zero-order valence-electron chi connectivity index (χ0n) is 17.2. The molecule has 2 N–H and O–H groups in total. The number of carbonyl (C=O) groups is 2. The van der Waals surface area contributed by atoms with Crippen LogP contribution < -0.4 is 10.6 Å². The summed E-state index contributed by atoms with van der Waals surface area (Å²) >= 11 is 0. The highest BCUT2D eigenvalue weighted by Gasteiger charge is 2.19. The topological polar surface area (TPSA) is 120 Å². The lowest BCUT2D eigenvalue weighted by Gasteiger charge is -2.14. The zero-order chi connectivity index (χ0) is 22.1. The Labute approximate surface area is 174 Å². The maximum atomic E-state index is 12.5. The molecule has 2 aromatic carbocycles. The fraction of sp³-hybridized carbons (Fsp3) is 0.333. The summed E-state index contributed by atoms with van der Waals surface area (Å²) in [6.07, 6.45) is 0.737. The third-order valence-corrected chi connectivity index (χ3v) is 4.39. The quantitative estimate of drug-likeness (QED) is 0.264. The molecule has 1 amide bonds. The molecule has 0 saturated carbocycles. The predicted molar refractivity (Wildman–Crippen MR) is 113 cm³/mol. The van der Waals surface area contributed by atoms with Gasteiger partial charge in [0.25, 0.3) is 11.6 Å². The lowest BCUT2D eigenvalue weighted by molar-refractivity contribution is -0.384. The highest BCUT2D eigenvalue weighted by atomic mass is 16.6. The number of nitrogens with one attached hydrogen (secondary N) is 2. The standard InChI is InChI=1S/C21H25N3O6/c1-4-15-7-5-6-14(2)20(15)23-19(25)13-30-21(26)17-12-16(24(27)28)8-9-18(17)22-10-11-29-3/h5-9,12,22H,4,10-11,13H2,1-3H3,(H,23,25). The highest BCUT2D eigenvalue weighted by molar-refractivity contribution is 5.99. The Morgan fingerprint density at radius 2 is 1.97 bits per heavy atom. The summed E-state index contributed by atoms with van der Waals surface area (Å²) in [5.74, 6) is -1.33. The van der Waals surface area contributed by atoms with Gasteiger partial charge in [-0.3, -0.25) is 14.9 Å². The van der Waals surface area contributed by atoms with E-state index in [1.807, 2.05) is 32.0 Å². The molecule has 0 aliphatic carbocycles. The zero-order valence-corrected chi connectivity index (χ0v) is 17.2. The monoisotopic (exact) mass is 415 g/mol. The van der Waals surface area contributed by atoms with Gasteiger partial charge in [0.15, 0.2) is 6.61 Å². The van der Waals surface area contributed by atoms with Crippen molar-refractivity contribution < 1.29 is 24.0 Å². The van der Waals surface area contributed by atoms with Crippen molar-refractivity contribution in [1.82, 2.24) is 0 Å². The number of carbonyl (C=O) groups excluding carboxylic acids is 2. The van der Waals surface area contributed by atoms with Crippen LogP contribution in [0.5, 0.6) is 0 Å². The van der Waals surface area contributed by atoms with Gasteiger partial charge >= 0.3 is 5.97 Å². The van der Waals surface area contributed by atoms with Crippen LogP contribution in [0.3, 0.4) is 0 Å². The van der Waals surface area contributed by atoms with E-state index < -0.39 is 23.4 Å². The van der Waals surface area contributed by atoms with Crippen molar-refractivity contribution in [3.63, 3.8) is 0 Å². The maximum Gasteiger partial charge on any atom is 0.341 e. The molecule has 2 aromatic rings. The summed E-state index contributed by atoms with van der Waals surface area (Å²) in [6.45, 7) is 4.11. The summed E-state index contributed by atoms with van der Waals surface area (Å²) in [4.78, 5) is 35.3. The first-order chi connectivity index (χ1) is 14.4. The second-order valence-corrected chi connectivity index (χ2v) is 6.49. The van der Waals surface area contributed by atoms with Gasteiger partial charge in [-0.2, -0.15) is 0 Å². The van der Waals surface area contributed by atoms with Gasteiger partial charge in [0.05, 0.1) is 17.1 Å². The minimum atomic E-state index is -0.839. The van der Waals surface area contributed by atoms with Crippen molar-refractivity contribution in [2.24, 2.45) is 0 Å². The lowest BCUT2D eigenvalue weighted by Crippen LogP contribution is -2.22. The van der Waals surface area contributed by atoms with Crippen LogP contribution in [0.2, 0.25) is 0 Å². The molecular weight excluding hydrogens is 390 g/mol. The van der Waals surface area contributed by atoms with Crippen molar-refractivity contribution in [3.05, 3.63) is 63.2 Å². The van der Waals surface area contributed by atoms with Crippen molar-refractivity contribution in [2.45, 2.75) is 20.3 Å². The summed E-state index contributed by atoms with van der Waals surface area (Å²) in [7, 11) is 1.53. The molecule has 0 unspecified atom stereocenters. The van der Waals surface area contributed by atoms with Crippen molar-refractivity contribution in [3.8, 4) is 0 Å². The summed E-state index contributed by atoms with van der Waals surface area (Å²) in [5.41, 5.74) is 2.64. The minimum absolute atomic E-state index is 0.0294. The number of non-ortho nitro benzene ring substituents is 1. The Balaban J connectivity index is 2.10. The van der Waals surface area contributed by atoms with Crippen LogP contribution in [-0.4, -0.2) is 43.7 Å². The van der Waals surface area contributed by atoms with Crippen LogP contribution in [0.25, 0.3) is 0 Å². The number of nitrogens with zero attached hydrogens (tertiary/aromatic N) is 1. The normalized spacial score (nSPS) is 10.4. The van der Waals surface area contributed by atoms with Crippen molar-refractivity contribution in [2.75, 3.05) is 37.5 Å². The number of aryl methyl sites for hydroxylation is 2. The van der Waals surface area contributed by atoms with Crippen LogP contribution in [0.15, 0.2) is 36.4 Å². The second kappa shape index (κ2) is 10.9. The van der Waals surface area contributed by atoms with Crippen LogP contribution >= 0.6 is 0 Å². The average molecular weight is 415 g/mol. The van der Waals surface area contributed by atoms with E-state index in [1.165, 1.54) is 19.2 Å². The fourth-order valence-electron chi connectivity index (χ4n) is 2.84. The molecule has 0 saturated heterocycles. The van der Waals surface area contributed by atoms with Gasteiger partial charge in [0.2, 0.25) is 0 Å². The number of nitro groups is 1. The van der Waals surface area contributed by atoms with Gasteiger partial charge in [0.1, 0.15) is 0 Å². The number of hydrogen-bond acceptors (Lipinski definition) is 7. The Hall–Kier alpha value is -3.46. The van der Waals surface area contributed by atoms with E-state index in [0.29, 0.717) is 24.5 Å². The number of methoxy groups -OCH3 is 1. The first-order valence-electron chi connectivity index (χ1n) is 9.44. The summed E-state index contributed by atoms with van der Waals surface area (Å²) < 4.78 is 10.1. The molecular formula is C21H25N3O6. The molecule has 0 heterocycles. The van der Waals surface area contributed by atoms with Gasteiger partial charge < -0.3 is 20.1 Å². The predicted octanol–water partition coefficient (Wildman–Crippen LogP) is 3.32. The highest BCUT2D eigenvalue weighted by Crippen LogP contribution is 2.24. The second-order valence-electron chi connectivity index (χ2n) is 6.49. The molecule has 30 heavy (non-hydrogen) atoms. The van der Waals surface area contributed by atoms with Crippen LogP contribution in [0.4, 0.5) is 17.1 Å². The fourth-order valence-corrected chi connectivity index (χ4v) is 2.84. The lowest BCUT2D eigenvalue weighted by atomic mass is 10.1. The van der Waals surface area contributed by atoms with Crippen molar-refractivity contribution in [1.29, 1.82) is 0 Å². The van der Waals surface area contributed by atoms with E-state index in [2.05, 4.69) is 10.6 Å². The Morgan fingerprint density at radius 3 is 2.63 bits per heavy atom. The van der Waals surface area contributed by atoms with E-state index in [1.54, 1.807) is 0 Å². The summed E-state index contributed by atoms with van der Waals surface area (Å²) in [5, 5.41) is 16.8. The molecule has 0 aliphatic heterocycles. The number of hydrogen-bond donors (Lipinski definition) is 2. The number of esters is 1.